The molecule has 1 aromatic heterocycles. The molecular weight excluding hydrogens is 440 g/mol. The maximum absolute atomic E-state index is 12.0. The number of hydrazone groups is 1. The molecule has 1 amide bonds. The maximum Gasteiger partial charge on any atom is 0.250 e. The molecular formula is C20H20N4O3S3. The summed E-state index contributed by atoms with van der Waals surface area (Å²) in [6, 6.07) is 13.4. The van der Waals surface area contributed by atoms with Crippen LogP contribution in [0.5, 0.6) is 11.5 Å². The van der Waals surface area contributed by atoms with Gasteiger partial charge in [-0.2, -0.15) is 5.10 Å². The fourth-order valence-electron chi connectivity index (χ4n) is 2.28. The molecule has 2 N–H and O–H groups in total. The molecule has 156 valence electrons. The van der Waals surface area contributed by atoms with Crippen molar-refractivity contribution in [2.45, 2.75) is 21.4 Å². The summed E-state index contributed by atoms with van der Waals surface area (Å²) in [5.41, 5.74) is 5.35. The molecule has 0 radical (unpaired) electrons. The molecule has 0 aliphatic carbocycles. The van der Waals surface area contributed by atoms with Gasteiger partial charge in [-0.1, -0.05) is 70.8 Å². The summed E-state index contributed by atoms with van der Waals surface area (Å²) in [6.07, 6.45) is 1.37. The summed E-state index contributed by atoms with van der Waals surface area (Å²) in [6.45, 7) is 2.06. The third kappa shape index (κ3) is 6.48. The maximum atomic E-state index is 12.0. The van der Waals surface area contributed by atoms with Gasteiger partial charge < -0.3 is 9.84 Å². The standard InChI is InChI=1S/C20H20N4O3S3/c1-13-6-8-14(9-7-13)11-28-19-23-24-20(30-19)29-12-17(25)22-21-10-15-4-3-5-16(27-2)18(15)26/h3-10,26H,11-12H2,1-2H3,(H,22,25)/b21-10-. The second-order valence-corrected chi connectivity index (χ2v) is 9.51. The first kappa shape index (κ1) is 22.1. The summed E-state index contributed by atoms with van der Waals surface area (Å²) in [4.78, 5) is 12.0. The van der Waals surface area contributed by atoms with E-state index >= 15 is 0 Å². The van der Waals surface area contributed by atoms with Crippen LogP contribution in [0.1, 0.15) is 16.7 Å². The van der Waals surface area contributed by atoms with Gasteiger partial charge in [0.15, 0.2) is 20.2 Å². The van der Waals surface area contributed by atoms with Gasteiger partial charge in [0, 0.05) is 11.3 Å². The molecule has 0 atom stereocenters. The van der Waals surface area contributed by atoms with Crippen LogP contribution in [0.4, 0.5) is 0 Å². The molecule has 7 nitrogen and oxygen atoms in total. The predicted octanol–water partition coefficient (Wildman–Crippen LogP) is 4.10. The summed E-state index contributed by atoms with van der Waals surface area (Å²) >= 11 is 4.39. The molecule has 3 aromatic rings. The number of nitrogens with zero attached hydrogens (tertiary/aromatic N) is 3. The number of para-hydroxylation sites is 1. The topological polar surface area (TPSA) is 96.7 Å². The van der Waals surface area contributed by atoms with Crippen LogP contribution in [0.25, 0.3) is 0 Å². The van der Waals surface area contributed by atoms with Crippen LogP contribution in [0, 0.1) is 6.92 Å². The van der Waals surface area contributed by atoms with E-state index in [2.05, 4.69) is 51.9 Å². The number of ether oxygens (including phenoxy) is 1. The van der Waals surface area contributed by atoms with Crippen molar-refractivity contribution in [2.75, 3.05) is 12.9 Å². The van der Waals surface area contributed by atoms with Crippen molar-refractivity contribution in [3.63, 3.8) is 0 Å². The van der Waals surface area contributed by atoms with E-state index in [9.17, 15) is 9.90 Å². The van der Waals surface area contributed by atoms with Gasteiger partial charge >= 0.3 is 0 Å². The Morgan fingerprint density at radius 3 is 2.67 bits per heavy atom. The molecule has 0 aliphatic heterocycles. The lowest BCUT2D eigenvalue weighted by atomic mass is 10.2. The number of aryl methyl sites for hydroxylation is 1. The highest BCUT2D eigenvalue weighted by Gasteiger charge is 2.09. The van der Waals surface area contributed by atoms with E-state index in [0.717, 1.165) is 14.4 Å². The summed E-state index contributed by atoms with van der Waals surface area (Å²) in [7, 11) is 1.47. The van der Waals surface area contributed by atoms with Crippen LogP contribution in [0.15, 0.2) is 56.2 Å². The van der Waals surface area contributed by atoms with Gasteiger partial charge in [0.05, 0.1) is 19.1 Å². The Labute approximate surface area is 187 Å². The van der Waals surface area contributed by atoms with E-state index in [0.29, 0.717) is 11.3 Å². The number of aromatic nitrogens is 2. The molecule has 0 spiro atoms. The number of carbonyl (C=O) groups is 1. The van der Waals surface area contributed by atoms with Gasteiger partial charge in [0.2, 0.25) is 0 Å². The van der Waals surface area contributed by atoms with E-state index in [4.69, 9.17) is 4.74 Å². The van der Waals surface area contributed by atoms with Gasteiger partial charge in [-0.3, -0.25) is 4.79 Å². The zero-order chi connectivity index (χ0) is 21.3. The molecule has 0 saturated heterocycles. The number of benzene rings is 2. The smallest absolute Gasteiger partial charge is 0.250 e. The Morgan fingerprint density at radius 1 is 1.20 bits per heavy atom. The minimum absolute atomic E-state index is 0.0306. The lowest BCUT2D eigenvalue weighted by Gasteiger charge is -2.04. The van der Waals surface area contributed by atoms with Crippen molar-refractivity contribution < 1.29 is 14.6 Å². The number of nitrogens with one attached hydrogen (secondary N) is 1. The molecule has 3 rings (SSSR count). The minimum atomic E-state index is -0.275. The van der Waals surface area contributed by atoms with E-state index in [1.54, 1.807) is 30.0 Å². The van der Waals surface area contributed by atoms with Crippen molar-refractivity contribution in [3.05, 3.63) is 59.2 Å². The number of aromatic hydroxyl groups is 1. The van der Waals surface area contributed by atoms with Crippen molar-refractivity contribution in [1.82, 2.24) is 15.6 Å². The van der Waals surface area contributed by atoms with Gasteiger partial charge in [-0.15, -0.1) is 10.2 Å². The normalized spacial score (nSPS) is 11.0. The number of phenolic OH excluding ortho intramolecular Hbond substituents is 1. The Morgan fingerprint density at radius 2 is 1.93 bits per heavy atom. The lowest BCUT2D eigenvalue weighted by Crippen LogP contribution is -2.19. The Kier molecular flexibility index (Phi) is 8.12. The highest BCUT2D eigenvalue weighted by molar-refractivity contribution is 8.03. The van der Waals surface area contributed by atoms with Gasteiger partial charge in [-0.05, 0) is 24.6 Å². The van der Waals surface area contributed by atoms with Crippen LogP contribution >= 0.6 is 34.9 Å². The SMILES string of the molecule is COc1cccc(/C=N\NC(=O)CSc2nnc(SCc3ccc(C)cc3)s2)c1O. The minimum Gasteiger partial charge on any atom is -0.504 e. The monoisotopic (exact) mass is 460 g/mol. The lowest BCUT2D eigenvalue weighted by molar-refractivity contribution is -0.118. The number of amides is 1. The second-order valence-electron chi connectivity index (χ2n) is 6.09. The Bertz CT molecular complexity index is 1020. The highest BCUT2D eigenvalue weighted by atomic mass is 32.2. The van der Waals surface area contributed by atoms with Crippen LogP contribution in [0.3, 0.4) is 0 Å². The zero-order valence-corrected chi connectivity index (χ0v) is 18.8. The van der Waals surface area contributed by atoms with Crippen molar-refractivity contribution >= 4 is 47.0 Å². The first-order chi connectivity index (χ1) is 14.5. The molecule has 0 unspecified atom stereocenters. The number of carbonyl (C=O) groups excluding carboxylic acids is 1. The molecule has 30 heavy (non-hydrogen) atoms. The summed E-state index contributed by atoms with van der Waals surface area (Å²) < 4.78 is 6.63. The van der Waals surface area contributed by atoms with E-state index in [1.165, 1.54) is 47.5 Å². The van der Waals surface area contributed by atoms with E-state index in [1.807, 2.05) is 0 Å². The van der Waals surface area contributed by atoms with Gasteiger partial charge in [0.25, 0.3) is 5.91 Å². The predicted molar refractivity (Wildman–Crippen MR) is 122 cm³/mol. The average Bonchev–Trinajstić information content (AvgIpc) is 3.21. The third-order valence-electron chi connectivity index (χ3n) is 3.84. The van der Waals surface area contributed by atoms with Crippen molar-refractivity contribution in [3.8, 4) is 11.5 Å². The quantitative estimate of drug-likeness (QED) is 0.282. The average molecular weight is 461 g/mol. The number of phenols is 1. The van der Waals surface area contributed by atoms with Crippen LogP contribution in [0.2, 0.25) is 0 Å². The van der Waals surface area contributed by atoms with Crippen LogP contribution in [-0.4, -0.2) is 40.3 Å². The largest absolute Gasteiger partial charge is 0.504 e. The number of hydrogen-bond donors (Lipinski definition) is 2. The fraction of sp³-hybridized carbons (Fsp3) is 0.200. The summed E-state index contributed by atoms with van der Waals surface area (Å²) in [5, 5.41) is 22.1. The van der Waals surface area contributed by atoms with Crippen molar-refractivity contribution in [1.29, 1.82) is 0 Å². The Balaban J connectivity index is 1.43. The molecule has 0 bridgehead atoms. The van der Waals surface area contributed by atoms with Gasteiger partial charge in [0.1, 0.15) is 0 Å². The number of thioether (sulfide) groups is 2. The second kappa shape index (κ2) is 11.0. The van der Waals surface area contributed by atoms with E-state index < -0.39 is 0 Å². The molecule has 2 aromatic carbocycles. The Hall–Kier alpha value is -2.56. The number of hydrogen-bond acceptors (Lipinski definition) is 9. The van der Waals surface area contributed by atoms with Gasteiger partial charge in [-0.25, -0.2) is 5.43 Å². The van der Waals surface area contributed by atoms with Crippen LogP contribution < -0.4 is 10.2 Å². The van der Waals surface area contributed by atoms with Crippen LogP contribution in [-0.2, 0) is 10.5 Å². The first-order valence-corrected chi connectivity index (χ1v) is 11.7. The zero-order valence-electron chi connectivity index (χ0n) is 16.4. The van der Waals surface area contributed by atoms with Crippen molar-refractivity contribution in [2.24, 2.45) is 5.10 Å². The molecule has 0 aliphatic rings. The first-order valence-electron chi connectivity index (χ1n) is 8.87. The molecule has 1 heterocycles. The third-order valence-corrected chi connectivity index (χ3v) is 7.10. The number of rotatable bonds is 9. The molecule has 10 heteroatoms. The summed E-state index contributed by atoms with van der Waals surface area (Å²) in [5.74, 6) is 1.03. The highest BCUT2D eigenvalue weighted by Crippen LogP contribution is 2.31. The fourth-order valence-corrected chi connectivity index (χ4v) is 5.05. The number of methoxy groups -OCH3 is 1. The molecule has 0 saturated carbocycles. The molecule has 0 fully saturated rings. The van der Waals surface area contributed by atoms with E-state index in [-0.39, 0.29) is 17.4 Å².